The van der Waals surface area contributed by atoms with Crippen LogP contribution in [0.5, 0.6) is 0 Å². The Morgan fingerprint density at radius 3 is 1.86 bits per heavy atom. The molecule has 0 aromatic heterocycles. The molecule has 0 unspecified atom stereocenters. The zero-order chi connectivity index (χ0) is 28.0. The van der Waals surface area contributed by atoms with Crippen molar-refractivity contribution in [3.05, 3.63) is 45.4 Å². The summed E-state index contributed by atoms with van der Waals surface area (Å²) in [6, 6.07) is 0. The normalized spacial score (nSPS) is 30.7. The van der Waals surface area contributed by atoms with Gasteiger partial charge in [0, 0.05) is 0 Å². The van der Waals surface area contributed by atoms with Gasteiger partial charge in [0.2, 0.25) is 0 Å². The third kappa shape index (κ3) is 14.6. The first-order valence-corrected chi connectivity index (χ1v) is 11.4. The molecule has 0 saturated carbocycles. The Morgan fingerprint density at radius 1 is 0.829 bits per heavy atom. The van der Waals surface area contributed by atoms with Crippen LogP contribution in [0.3, 0.4) is 0 Å². The van der Waals surface area contributed by atoms with E-state index in [1.54, 1.807) is 13.0 Å². The summed E-state index contributed by atoms with van der Waals surface area (Å²) in [6.45, 7) is 28.3. The van der Waals surface area contributed by atoms with Gasteiger partial charge in [-0.3, -0.25) is 4.79 Å². The average Bonchev–Trinajstić information content (AvgIpc) is 2.91. The molecule has 3 aliphatic rings. The summed E-state index contributed by atoms with van der Waals surface area (Å²) in [4.78, 5) is 11.5. The van der Waals surface area contributed by atoms with Gasteiger partial charge in [0.25, 0.3) is 0 Å². The molecule has 0 radical (unpaired) electrons. The molecule has 3 heterocycles. The van der Waals surface area contributed by atoms with Gasteiger partial charge < -0.3 is 0 Å². The molecule has 7 atom stereocenters. The number of ketones is 1. The van der Waals surface area contributed by atoms with Gasteiger partial charge in [-0.1, -0.05) is 0 Å². The molecule has 3 aliphatic heterocycles. The molecule has 11 nitrogen and oxygen atoms in total. The molecule has 12 heteroatoms. The monoisotopic (exact) mass is 662 g/mol. The zero-order valence-electron chi connectivity index (χ0n) is 19.4. The van der Waals surface area contributed by atoms with Crippen LogP contribution in [0.2, 0.25) is 0 Å². The van der Waals surface area contributed by atoms with Crippen molar-refractivity contribution in [3.63, 3.8) is 0 Å². The van der Waals surface area contributed by atoms with E-state index in [1.807, 2.05) is 6.92 Å². The molecule has 0 aliphatic carbocycles. The van der Waals surface area contributed by atoms with Crippen LogP contribution in [0.1, 0.15) is 46.5 Å². The Labute approximate surface area is 215 Å². The van der Waals surface area contributed by atoms with Gasteiger partial charge in [0.1, 0.15) is 6.10 Å². The zero-order valence-corrected chi connectivity index (χ0v) is 22.4. The van der Waals surface area contributed by atoms with Crippen molar-refractivity contribution in [3.8, 4) is 0 Å². The Morgan fingerprint density at radius 2 is 1.37 bits per heavy atom. The molecule has 0 N–H and O–H groups in total. The minimum atomic E-state index is -0.492. The molecule has 3 rings (SSSR count). The summed E-state index contributed by atoms with van der Waals surface area (Å²) in [5.41, 5.74) is 0. The van der Waals surface area contributed by atoms with Crippen LogP contribution in [-0.4, -0.2) is 53.0 Å². The molecule has 35 heavy (non-hydrogen) atoms. The van der Waals surface area contributed by atoms with E-state index >= 15 is 0 Å². The number of carbonyl (C=O) groups is 1. The van der Waals surface area contributed by atoms with Crippen LogP contribution in [0, 0.1) is 33.3 Å². The predicted molar refractivity (Wildman–Crippen MR) is 106 cm³/mol. The van der Waals surface area contributed by atoms with Crippen molar-refractivity contribution in [1.29, 1.82) is 0 Å². The Hall–Kier alpha value is -1.53. The summed E-state index contributed by atoms with van der Waals surface area (Å²) in [5.74, 6) is -0.0286. The second-order valence-corrected chi connectivity index (χ2v) is 8.47. The summed E-state index contributed by atoms with van der Waals surface area (Å²) in [5, 5.41) is 0. The summed E-state index contributed by atoms with van der Waals surface area (Å²) in [6.07, 6.45) is 5.58. The van der Waals surface area contributed by atoms with Gasteiger partial charge in [-0.25, -0.2) is 0 Å². The standard InChI is InChI=1S/C18H26O6.5CO.W/c1-11-14(19)6-8-17(21-11)24-16-7-9-18(22-13(16)3)23-15-5-4-10-20-12(15)2;5*1-2;/h6,8,11-13,15-18H,4-5,7,9H2,1-3H3;;;;;;/t11-,12-,13-,15-,16-,17-,18-;;;;;;/m0....../s1. The SMILES string of the molecule is C[C@@H]1O[C@@H](O[C@H]2CC[C@H](O[C@H]3CC[C](=[W])O[C@H]3C)O[C@H]2C)C=CC1=O.[C-]#[O+].[C-]#[O+].[C-]#[O+].[C-]#[O+].[C-]#[O+]. The van der Waals surface area contributed by atoms with Gasteiger partial charge in [0.15, 0.2) is 5.78 Å². The molecular formula is C23H26O11W. The molecule has 2 fully saturated rings. The predicted octanol–water partition coefficient (Wildman–Crippen LogP) is 1.84. The van der Waals surface area contributed by atoms with E-state index in [-0.39, 0.29) is 36.5 Å². The number of ether oxygens (including phenoxy) is 5. The molecule has 0 aromatic carbocycles. The van der Waals surface area contributed by atoms with Gasteiger partial charge >= 0.3 is 186 Å². The fourth-order valence-corrected chi connectivity index (χ4v) is 4.26. The second-order valence-electron chi connectivity index (χ2n) is 6.84. The van der Waals surface area contributed by atoms with Crippen molar-refractivity contribution >= 4 is 9.87 Å². The molecule has 0 spiro atoms. The van der Waals surface area contributed by atoms with E-state index in [0.717, 1.165) is 29.8 Å². The van der Waals surface area contributed by atoms with E-state index in [2.05, 4.69) is 40.2 Å². The van der Waals surface area contributed by atoms with Gasteiger partial charge in [-0.05, 0) is 13.0 Å². The summed E-state index contributed by atoms with van der Waals surface area (Å²) < 4.78 is 68.1. The number of carbonyl (C=O) groups excluding carboxylic acids is 1. The molecule has 0 aromatic rings. The van der Waals surface area contributed by atoms with E-state index in [9.17, 15) is 4.79 Å². The van der Waals surface area contributed by atoms with Crippen LogP contribution in [0.25, 0.3) is 0 Å². The molecular weight excluding hydrogens is 636 g/mol. The minimum absolute atomic E-state index is 0.0286. The van der Waals surface area contributed by atoms with E-state index < -0.39 is 12.4 Å². The number of hydrogen-bond acceptors (Lipinski definition) is 6. The van der Waals surface area contributed by atoms with Crippen molar-refractivity contribution in [1.82, 2.24) is 0 Å². The van der Waals surface area contributed by atoms with Crippen molar-refractivity contribution in [2.45, 2.75) is 89.6 Å². The van der Waals surface area contributed by atoms with E-state index in [4.69, 9.17) is 46.9 Å². The van der Waals surface area contributed by atoms with Gasteiger partial charge in [-0.2, -0.15) is 0 Å². The van der Waals surface area contributed by atoms with Crippen molar-refractivity contribution < 1.29 is 71.1 Å². The molecule has 190 valence electrons. The molecule has 0 bridgehead atoms. The maximum atomic E-state index is 11.5. The first-order chi connectivity index (χ1) is 16.9. The first-order valence-electron chi connectivity index (χ1n) is 9.98. The van der Waals surface area contributed by atoms with Gasteiger partial charge in [0.05, 0.1) is 0 Å². The number of rotatable bonds is 4. The van der Waals surface area contributed by atoms with Crippen LogP contribution in [0.15, 0.2) is 12.2 Å². The van der Waals surface area contributed by atoms with Gasteiger partial charge in [-0.15, -0.1) is 0 Å². The number of hydrogen-bond donors (Lipinski definition) is 0. The van der Waals surface area contributed by atoms with Crippen molar-refractivity contribution in [2.75, 3.05) is 0 Å². The summed E-state index contributed by atoms with van der Waals surface area (Å²) >= 11 is 1.40. The Bertz CT molecular complexity index is 705. The third-order valence-corrected chi connectivity index (χ3v) is 5.92. The topological polar surface area (TPSA) is 163 Å². The third-order valence-electron chi connectivity index (χ3n) is 4.84. The first kappa shape index (κ1) is 38.0. The molecule has 2 saturated heterocycles. The van der Waals surface area contributed by atoms with Crippen LogP contribution in [0.4, 0.5) is 0 Å². The van der Waals surface area contributed by atoms with Crippen LogP contribution < -0.4 is 0 Å². The van der Waals surface area contributed by atoms with E-state index in [0.29, 0.717) is 0 Å². The van der Waals surface area contributed by atoms with Crippen LogP contribution >= 0.6 is 0 Å². The quantitative estimate of drug-likeness (QED) is 0.330. The van der Waals surface area contributed by atoms with Crippen LogP contribution in [-0.2, 0) is 71.1 Å². The second kappa shape index (κ2) is 24.2. The van der Waals surface area contributed by atoms with E-state index in [1.165, 1.54) is 25.4 Å². The average molecular weight is 662 g/mol. The maximum absolute atomic E-state index is 11.5. The Balaban J connectivity index is -0.000000912. The van der Waals surface area contributed by atoms with Crippen molar-refractivity contribution in [2.24, 2.45) is 0 Å². The fraction of sp³-hybridized carbons (Fsp3) is 0.609. The fourth-order valence-electron chi connectivity index (χ4n) is 3.29. The molecule has 0 amide bonds. The summed E-state index contributed by atoms with van der Waals surface area (Å²) in [7, 11) is 0. The Kier molecular flexibility index (Phi) is 26.3.